The number of amides is 3. The zero-order chi connectivity index (χ0) is 18.4. The Morgan fingerprint density at radius 2 is 1.60 bits per heavy atom. The highest BCUT2D eigenvalue weighted by atomic mass is 35.5. The Balaban J connectivity index is 2.11. The molecule has 0 unspecified atom stereocenters. The van der Waals surface area contributed by atoms with E-state index in [1.54, 1.807) is 36.4 Å². The minimum absolute atomic E-state index is 0.118. The average Bonchev–Trinajstić information content (AvgIpc) is 2.61. The normalized spacial score (nSPS) is 10.0. The summed E-state index contributed by atoms with van der Waals surface area (Å²) in [6.45, 7) is 1.84. The molecule has 2 aromatic carbocycles. The van der Waals surface area contributed by atoms with Gasteiger partial charge in [0, 0.05) is 31.6 Å². The van der Waals surface area contributed by atoms with Crippen LogP contribution >= 0.6 is 11.6 Å². The topological polar surface area (TPSA) is 87.3 Å². The largest absolute Gasteiger partial charge is 0.355 e. The van der Waals surface area contributed by atoms with Crippen LogP contribution in [0.25, 0.3) is 0 Å². The quantitative estimate of drug-likeness (QED) is 0.766. The summed E-state index contributed by atoms with van der Waals surface area (Å²) in [4.78, 5) is 34.9. The maximum Gasteiger partial charge on any atom is 0.255 e. The molecule has 3 N–H and O–H groups in total. The molecule has 0 aliphatic rings. The molecule has 0 saturated carbocycles. The third kappa shape index (κ3) is 5.06. The fourth-order valence-corrected chi connectivity index (χ4v) is 2.27. The lowest BCUT2D eigenvalue weighted by molar-refractivity contribution is -0.119. The van der Waals surface area contributed by atoms with Gasteiger partial charge in [0.1, 0.15) is 0 Å². The minimum Gasteiger partial charge on any atom is -0.355 e. The van der Waals surface area contributed by atoms with Gasteiger partial charge in [0.05, 0.1) is 10.7 Å². The Labute approximate surface area is 150 Å². The van der Waals surface area contributed by atoms with Crippen LogP contribution in [-0.2, 0) is 11.3 Å². The lowest BCUT2D eigenvalue weighted by Crippen LogP contribution is -2.19. The summed E-state index contributed by atoms with van der Waals surface area (Å²) in [5, 5.41) is 8.23. The van der Waals surface area contributed by atoms with E-state index < -0.39 is 0 Å². The molecule has 0 radical (unpaired) electrons. The van der Waals surface area contributed by atoms with Gasteiger partial charge in [-0.25, -0.2) is 0 Å². The summed E-state index contributed by atoms with van der Waals surface area (Å²) in [5.41, 5.74) is 2.07. The van der Waals surface area contributed by atoms with Crippen LogP contribution in [0.5, 0.6) is 0 Å². The number of hydrogen-bond donors (Lipinski definition) is 3. The maximum atomic E-state index is 12.4. The summed E-state index contributed by atoms with van der Waals surface area (Å²) in [6, 6.07) is 11.5. The van der Waals surface area contributed by atoms with Gasteiger partial charge in [0.25, 0.3) is 11.8 Å². The number of hydrogen-bond acceptors (Lipinski definition) is 3. The number of halogens is 1. The fraction of sp³-hybridized carbons (Fsp3) is 0.167. The maximum absolute atomic E-state index is 12.4. The van der Waals surface area contributed by atoms with Crippen molar-refractivity contribution in [1.82, 2.24) is 10.6 Å². The molecule has 0 fully saturated rings. The third-order valence-corrected chi connectivity index (χ3v) is 3.79. The molecule has 0 aliphatic carbocycles. The summed E-state index contributed by atoms with van der Waals surface area (Å²) < 4.78 is 0. The number of rotatable bonds is 5. The SMILES string of the molecule is CNC(=O)c1ccc(Cl)c(NC(=O)c2ccc(CNC(C)=O)cc2)c1. The Morgan fingerprint density at radius 1 is 0.960 bits per heavy atom. The van der Waals surface area contributed by atoms with Crippen LogP contribution in [0, 0.1) is 0 Å². The van der Waals surface area contributed by atoms with Crippen molar-refractivity contribution in [3.05, 3.63) is 64.2 Å². The zero-order valence-electron chi connectivity index (χ0n) is 13.9. The third-order valence-electron chi connectivity index (χ3n) is 3.46. The van der Waals surface area contributed by atoms with Gasteiger partial charge in [-0.05, 0) is 35.9 Å². The van der Waals surface area contributed by atoms with E-state index in [4.69, 9.17) is 11.6 Å². The van der Waals surface area contributed by atoms with Crippen LogP contribution in [0.2, 0.25) is 5.02 Å². The standard InChI is InChI=1S/C18H18ClN3O3/c1-11(23)21-10-12-3-5-13(6-4-12)18(25)22-16-9-14(17(24)20-2)7-8-15(16)19/h3-9H,10H2,1-2H3,(H,20,24)(H,21,23)(H,22,25). The molecule has 25 heavy (non-hydrogen) atoms. The first-order chi connectivity index (χ1) is 11.9. The van der Waals surface area contributed by atoms with Gasteiger partial charge in [-0.1, -0.05) is 23.7 Å². The highest BCUT2D eigenvalue weighted by Gasteiger charge is 2.11. The molecule has 7 heteroatoms. The monoisotopic (exact) mass is 359 g/mol. The summed E-state index contributed by atoms with van der Waals surface area (Å²) in [7, 11) is 1.53. The molecule has 0 heterocycles. The average molecular weight is 360 g/mol. The van der Waals surface area contributed by atoms with Crippen molar-refractivity contribution in [2.24, 2.45) is 0 Å². The van der Waals surface area contributed by atoms with E-state index in [1.807, 2.05) is 0 Å². The van der Waals surface area contributed by atoms with Crippen LogP contribution < -0.4 is 16.0 Å². The second kappa shape index (κ2) is 8.30. The Bertz CT molecular complexity index is 804. The highest BCUT2D eigenvalue weighted by Crippen LogP contribution is 2.23. The molecule has 0 bridgehead atoms. The van der Waals surface area contributed by atoms with Crippen molar-refractivity contribution >= 4 is 35.0 Å². The van der Waals surface area contributed by atoms with Crippen molar-refractivity contribution in [3.8, 4) is 0 Å². The van der Waals surface area contributed by atoms with Crippen LogP contribution in [0.3, 0.4) is 0 Å². The van der Waals surface area contributed by atoms with Gasteiger partial charge in [-0.15, -0.1) is 0 Å². The van der Waals surface area contributed by atoms with Gasteiger partial charge < -0.3 is 16.0 Å². The summed E-state index contributed by atoms with van der Waals surface area (Å²) in [6.07, 6.45) is 0. The van der Waals surface area contributed by atoms with Crippen molar-refractivity contribution in [2.75, 3.05) is 12.4 Å². The molecule has 3 amide bonds. The smallest absolute Gasteiger partial charge is 0.255 e. The minimum atomic E-state index is -0.345. The summed E-state index contributed by atoms with van der Waals surface area (Å²) in [5.74, 6) is -0.732. The summed E-state index contributed by atoms with van der Waals surface area (Å²) >= 11 is 6.09. The number of benzene rings is 2. The number of carbonyl (C=O) groups is 3. The van der Waals surface area contributed by atoms with E-state index >= 15 is 0 Å². The number of nitrogens with one attached hydrogen (secondary N) is 3. The molecule has 2 rings (SSSR count). The molecule has 0 aromatic heterocycles. The molecule has 0 atom stereocenters. The van der Waals surface area contributed by atoms with Gasteiger partial charge in [-0.3, -0.25) is 14.4 Å². The van der Waals surface area contributed by atoms with Crippen molar-refractivity contribution in [1.29, 1.82) is 0 Å². The first kappa shape index (κ1) is 18.5. The Kier molecular flexibility index (Phi) is 6.14. The number of anilines is 1. The second-order valence-corrected chi connectivity index (χ2v) is 5.74. The molecule has 0 saturated heterocycles. The molecular formula is C18H18ClN3O3. The van der Waals surface area contributed by atoms with E-state index in [0.717, 1.165) is 5.56 Å². The van der Waals surface area contributed by atoms with Crippen molar-refractivity contribution in [3.63, 3.8) is 0 Å². The van der Waals surface area contributed by atoms with Crippen LogP contribution in [0.4, 0.5) is 5.69 Å². The van der Waals surface area contributed by atoms with Crippen molar-refractivity contribution in [2.45, 2.75) is 13.5 Å². The zero-order valence-corrected chi connectivity index (χ0v) is 14.6. The predicted molar refractivity (Wildman–Crippen MR) is 96.8 cm³/mol. The lowest BCUT2D eigenvalue weighted by Gasteiger charge is -2.10. The molecular weight excluding hydrogens is 342 g/mol. The first-order valence-corrected chi connectivity index (χ1v) is 7.95. The van der Waals surface area contributed by atoms with Crippen LogP contribution in [0.15, 0.2) is 42.5 Å². The Hall–Kier alpha value is -2.86. The van der Waals surface area contributed by atoms with Gasteiger partial charge >= 0.3 is 0 Å². The van der Waals surface area contributed by atoms with E-state index in [9.17, 15) is 14.4 Å². The first-order valence-electron chi connectivity index (χ1n) is 7.57. The fourth-order valence-electron chi connectivity index (χ4n) is 2.10. The molecule has 2 aromatic rings. The highest BCUT2D eigenvalue weighted by molar-refractivity contribution is 6.34. The van der Waals surface area contributed by atoms with Crippen LogP contribution in [0.1, 0.15) is 33.2 Å². The van der Waals surface area contributed by atoms with Crippen molar-refractivity contribution < 1.29 is 14.4 Å². The van der Waals surface area contributed by atoms with E-state index in [1.165, 1.54) is 20.0 Å². The van der Waals surface area contributed by atoms with E-state index in [0.29, 0.717) is 28.4 Å². The second-order valence-electron chi connectivity index (χ2n) is 5.33. The molecule has 130 valence electrons. The number of carbonyl (C=O) groups excluding carboxylic acids is 3. The molecule has 6 nitrogen and oxygen atoms in total. The van der Waals surface area contributed by atoms with Gasteiger partial charge in [0.15, 0.2) is 0 Å². The van der Waals surface area contributed by atoms with E-state index in [-0.39, 0.29) is 17.7 Å². The predicted octanol–water partition coefficient (Wildman–Crippen LogP) is 2.59. The Morgan fingerprint density at radius 3 is 2.20 bits per heavy atom. The molecule has 0 spiro atoms. The van der Waals surface area contributed by atoms with Gasteiger partial charge in [0.2, 0.25) is 5.91 Å². The van der Waals surface area contributed by atoms with Gasteiger partial charge in [-0.2, -0.15) is 0 Å². The van der Waals surface area contributed by atoms with Crippen LogP contribution in [-0.4, -0.2) is 24.8 Å². The lowest BCUT2D eigenvalue weighted by atomic mass is 10.1. The van der Waals surface area contributed by atoms with E-state index in [2.05, 4.69) is 16.0 Å². The molecule has 0 aliphatic heterocycles.